The third-order valence-corrected chi connectivity index (χ3v) is 2.27. The molecular formula is C12H12MgO3. The Hall–Kier alpha value is -1.26. The van der Waals surface area contributed by atoms with Crippen molar-refractivity contribution < 1.29 is 14.6 Å². The van der Waals surface area contributed by atoms with E-state index in [1.807, 2.05) is 24.3 Å². The number of benzene rings is 2. The summed E-state index contributed by atoms with van der Waals surface area (Å²) in [6.45, 7) is 0. The summed E-state index contributed by atoms with van der Waals surface area (Å²) >= 11 is 0. The second kappa shape index (κ2) is 5.18. The summed E-state index contributed by atoms with van der Waals surface area (Å²) in [7, 11) is 1.29. The molecule has 2 rings (SSSR count). The minimum Gasteiger partial charge on any atom is -0.507 e. The second-order valence-corrected chi connectivity index (χ2v) is 3.21. The van der Waals surface area contributed by atoms with Crippen LogP contribution in [-0.4, -0.2) is 41.2 Å². The molecule has 2 aromatic rings. The zero-order valence-corrected chi connectivity index (χ0v) is 8.23. The van der Waals surface area contributed by atoms with Crippen LogP contribution in [0.25, 0.3) is 10.8 Å². The Bertz CT molecular complexity index is 523. The van der Waals surface area contributed by atoms with Crippen LogP contribution in [-0.2, 0) is 4.74 Å². The fourth-order valence-electron chi connectivity index (χ4n) is 1.50. The van der Waals surface area contributed by atoms with Crippen LogP contribution in [0.15, 0.2) is 36.4 Å². The Morgan fingerprint density at radius 3 is 2.31 bits per heavy atom. The third kappa shape index (κ3) is 2.28. The summed E-state index contributed by atoms with van der Waals surface area (Å²) in [6.07, 6.45) is 0. The second-order valence-electron chi connectivity index (χ2n) is 3.21. The molecule has 0 saturated carbocycles. The number of hydrogen-bond acceptors (Lipinski definition) is 3. The van der Waals surface area contributed by atoms with Gasteiger partial charge in [-0.3, -0.25) is 0 Å². The highest BCUT2D eigenvalue weighted by Crippen LogP contribution is 2.25. The summed E-state index contributed by atoms with van der Waals surface area (Å²) in [6, 6.07) is 10.7. The maximum atomic E-state index is 11.3. The number of hydrogen-bond donors (Lipinski definition) is 1. The van der Waals surface area contributed by atoms with E-state index in [4.69, 9.17) is 0 Å². The molecule has 0 amide bonds. The molecule has 0 fully saturated rings. The Morgan fingerprint density at radius 1 is 1.19 bits per heavy atom. The summed E-state index contributed by atoms with van der Waals surface area (Å²) in [5.41, 5.74) is 0.191. The topological polar surface area (TPSA) is 46.5 Å². The molecule has 4 heteroatoms. The molecule has 80 valence electrons. The van der Waals surface area contributed by atoms with Crippen LogP contribution in [0.3, 0.4) is 0 Å². The lowest BCUT2D eigenvalue weighted by Gasteiger charge is -2.04. The van der Waals surface area contributed by atoms with E-state index >= 15 is 0 Å². The maximum absolute atomic E-state index is 11.3. The van der Waals surface area contributed by atoms with Gasteiger partial charge in [-0.1, -0.05) is 24.3 Å². The Kier molecular flexibility index (Phi) is 4.15. The van der Waals surface area contributed by atoms with Gasteiger partial charge in [0.1, 0.15) is 11.3 Å². The summed E-state index contributed by atoms with van der Waals surface area (Å²) < 4.78 is 4.57. The monoisotopic (exact) mass is 228 g/mol. The quantitative estimate of drug-likeness (QED) is 0.593. The molecule has 0 unspecified atom stereocenters. The van der Waals surface area contributed by atoms with Crippen molar-refractivity contribution in [3.8, 4) is 5.75 Å². The van der Waals surface area contributed by atoms with Crippen molar-refractivity contribution >= 4 is 39.8 Å². The predicted octanol–water partition coefficient (Wildman–Crippen LogP) is 1.42. The van der Waals surface area contributed by atoms with E-state index in [0.29, 0.717) is 0 Å². The van der Waals surface area contributed by atoms with E-state index in [0.717, 1.165) is 10.8 Å². The standard InChI is InChI=1S/C12H10O3.Mg.2H/c1-15-12(14)10-6-8-4-2-3-5-9(8)7-11(10)13;;;/h2-7,13H,1H3;;;. The molecule has 0 saturated heterocycles. The van der Waals surface area contributed by atoms with Gasteiger partial charge in [-0.2, -0.15) is 0 Å². The van der Waals surface area contributed by atoms with Gasteiger partial charge in [-0.25, -0.2) is 4.79 Å². The number of rotatable bonds is 1. The van der Waals surface area contributed by atoms with Crippen LogP contribution in [0, 0.1) is 0 Å². The lowest BCUT2D eigenvalue weighted by atomic mass is 10.1. The molecule has 0 aliphatic rings. The number of methoxy groups -OCH3 is 1. The predicted molar refractivity (Wildman–Crippen MR) is 65.5 cm³/mol. The Morgan fingerprint density at radius 2 is 1.75 bits per heavy atom. The van der Waals surface area contributed by atoms with Crippen molar-refractivity contribution in [1.82, 2.24) is 0 Å². The van der Waals surface area contributed by atoms with Crippen molar-refractivity contribution in [2.24, 2.45) is 0 Å². The van der Waals surface area contributed by atoms with Gasteiger partial charge in [0, 0.05) is 0 Å². The first-order valence-corrected chi connectivity index (χ1v) is 4.52. The van der Waals surface area contributed by atoms with Gasteiger partial charge in [-0.15, -0.1) is 0 Å². The molecule has 0 radical (unpaired) electrons. The highest BCUT2D eigenvalue weighted by Gasteiger charge is 2.11. The molecule has 3 nitrogen and oxygen atoms in total. The van der Waals surface area contributed by atoms with Crippen LogP contribution >= 0.6 is 0 Å². The summed E-state index contributed by atoms with van der Waals surface area (Å²) in [5.74, 6) is -0.584. The zero-order chi connectivity index (χ0) is 10.8. The molecule has 0 atom stereocenters. The van der Waals surface area contributed by atoms with Gasteiger partial charge in [0.25, 0.3) is 0 Å². The highest BCUT2D eigenvalue weighted by atomic mass is 24.3. The summed E-state index contributed by atoms with van der Waals surface area (Å²) in [5, 5.41) is 11.4. The van der Waals surface area contributed by atoms with Gasteiger partial charge in [0.2, 0.25) is 0 Å². The van der Waals surface area contributed by atoms with Crippen LogP contribution < -0.4 is 0 Å². The van der Waals surface area contributed by atoms with E-state index in [1.54, 1.807) is 12.1 Å². The number of phenols is 1. The molecule has 16 heavy (non-hydrogen) atoms. The van der Waals surface area contributed by atoms with E-state index in [1.165, 1.54) is 7.11 Å². The van der Waals surface area contributed by atoms with Crippen molar-refractivity contribution in [3.63, 3.8) is 0 Å². The van der Waals surface area contributed by atoms with Gasteiger partial charge >= 0.3 is 29.0 Å². The number of carbonyl (C=O) groups is 1. The van der Waals surface area contributed by atoms with Crippen molar-refractivity contribution in [2.75, 3.05) is 7.11 Å². The first kappa shape index (κ1) is 12.8. The van der Waals surface area contributed by atoms with Crippen molar-refractivity contribution in [1.29, 1.82) is 0 Å². The fourth-order valence-corrected chi connectivity index (χ4v) is 1.50. The molecule has 0 aliphatic heterocycles. The number of aromatic hydroxyl groups is 1. The highest BCUT2D eigenvalue weighted by molar-refractivity contribution is 5.98. The maximum Gasteiger partial charge on any atom is 0.341 e. The van der Waals surface area contributed by atoms with Crippen LogP contribution in [0.5, 0.6) is 5.75 Å². The van der Waals surface area contributed by atoms with Crippen molar-refractivity contribution in [3.05, 3.63) is 42.0 Å². The smallest absolute Gasteiger partial charge is 0.341 e. The lowest BCUT2D eigenvalue weighted by Crippen LogP contribution is -2.01. The van der Waals surface area contributed by atoms with E-state index in [-0.39, 0.29) is 34.4 Å². The van der Waals surface area contributed by atoms with E-state index in [2.05, 4.69) is 4.74 Å². The number of esters is 1. The number of ether oxygens (including phenoxy) is 1. The third-order valence-electron chi connectivity index (χ3n) is 2.27. The lowest BCUT2D eigenvalue weighted by molar-refractivity contribution is 0.0597. The zero-order valence-electron chi connectivity index (χ0n) is 8.23. The Labute approximate surface area is 109 Å². The molecule has 2 aromatic carbocycles. The normalized spacial score (nSPS) is 9.56. The van der Waals surface area contributed by atoms with Gasteiger partial charge < -0.3 is 9.84 Å². The molecule has 1 N–H and O–H groups in total. The first-order valence-electron chi connectivity index (χ1n) is 4.52. The average molecular weight is 229 g/mol. The summed E-state index contributed by atoms with van der Waals surface area (Å²) in [4.78, 5) is 11.3. The van der Waals surface area contributed by atoms with Gasteiger partial charge in [0.15, 0.2) is 0 Å². The number of carbonyl (C=O) groups excluding carboxylic acids is 1. The Balaban J connectivity index is 0.00000128. The number of phenolic OH excluding ortho intramolecular Hbond substituents is 1. The molecule has 0 aliphatic carbocycles. The minimum absolute atomic E-state index is 0. The fraction of sp³-hybridized carbons (Fsp3) is 0.0833. The molecule has 0 spiro atoms. The van der Waals surface area contributed by atoms with Crippen LogP contribution in [0.2, 0.25) is 0 Å². The van der Waals surface area contributed by atoms with Gasteiger partial charge in [0.05, 0.1) is 7.11 Å². The first-order chi connectivity index (χ1) is 7.22. The van der Waals surface area contributed by atoms with Crippen LogP contribution in [0.1, 0.15) is 10.4 Å². The molecule has 0 aromatic heterocycles. The van der Waals surface area contributed by atoms with Gasteiger partial charge in [-0.05, 0) is 22.9 Å². The largest absolute Gasteiger partial charge is 0.507 e. The average Bonchev–Trinajstić information content (AvgIpc) is 2.27. The minimum atomic E-state index is -0.529. The molecule has 0 bridgehead atoms. The molecular weight excluding hydrogens is 216 g/mol. The van der Waals surface area contributed by atoms with Crippen LogP contribution in [0.4, 0.5) is 0 Å². The SMILES string of the molecule is COC(=O)c1cc2ccccc2cc1O.[MgH2]. The molecule has 0 heterocycles. The number of fused-ring (bicyclic) bond motifs is 1. The van der Waals surface area contributed by atoms with E-state index < -0.39 is 5.97 Å². The van der Waals surface area contributed by atoms with E-state index in [9.17, 15) is 9.90 Å². The van der Waals surface area contributed by atoms with Crippen molar-refractivity contribution in [2.45, 2.75) is 0 Å².